The van der Waals surface area contributed by atoms with Crippen LogP contribution in [-0.2, 0) is 6.54 Å². The van der Waals surface area contributed by atoms with Crippen LogP contribution in [0.15, 0.2) is 18.2 Å². The predicted octanol–water partition coefficient (Wildman–Crippen LogP) is 3.05. The molecule has 1 aliphatic carbocycles. The van der Waals surface area contributed by atoms with Crippen molar-refractivity contribution in [1.29, 1.82) is 0 Å². The van der Waals surface area contributed by atoms with Crippen molar-refractivity contribution in [3.63, 3.8) is 0 Å². The molecular formula is C16H23N3O. The van der Waals surface area contributed by atoms with Gasteiger partial charge in [-0.05, 0) is 44.7 Å². The fourth-order valence-corrected chi connectivity index (χ4v) is 3.28. The molecule has 3 rings (SSSR count). The van der Waals surface area contributed by atoms with Gasteiger partial charge in [0.25, 0.3) is 0 Å². The Kier molecular flexibility index (Phi) is 3.66. The van der Waals surface area contributed by atoms with E-state index in [0.717, 1.165) is 43.5 Å². The molecule has 1 heterocycles. The molecular weight excluding hydrogens is 250 g/mol. The molecule has 0 bridgehead atoms. The second kappa shape index (κ2) is 5.44. The molecule has 1 aromatic carbocycles. The number of aromatic nitrogens is 2. The summed E-state index contributed by atoms with van der Waals surface area (Å²) in [6.45, 7) is 3.14. The van der Waals surface area contributed by atoms with Gasteiger partial charge in [-0.15, -0.1) is 0 Å². The average Bonchev–Trinajstić information content (AvgIpc) is 2.85. The number of aryl methyl sites for hydroxylation is 1. The van der Waals surface area contributed by atoms with E-state index < -0.39 is 0 Å². The highest BCUT2D eigenvalue weighted by Gasteiger charge is 2.24. The molecule has 0 radical (unpaired) electrons. The maximum absolute atomic E-state index is 6.01. The Labute approximate surface area is 119 Å². The number of ether oxygens (including phenoxy) is 1. The van der Waals surface area contributed by atoms with E-state index in [9.17, 15) is 0 Å². The number of hydrogen-bond acceptors (Lipinski definition) is 3. The maximum atomic E-state index is 6.01. The molecule has 4 nitrogen and oxygen atoms in total. The number of nitrogens with zero attached hydrogens (tertiary/aromatic N) is 2. The fraction of sp³-hybridized carbons (Fsp3) is 0.562. The van der Waals surface area contributed by atoms with Crippen LogP contribution in [0.4, 0.5) is 0 Å². The van der Waals surface area contributed by atoms with Gasteiger partial charge in [0.1, 0.15) is 11.6 Å². The number of hydrogen-bond donors (Lipinski definition) is 1. The molecule has 1 saturated carbocycles. The summed E-state index contributed by atoms with van der Waals surface area (Å²) >= 11 is 0. The summed E-state index contributed by atoms with van der Waals surface area (Å²) in [5.74, 6) is 2.64. The standard InChI is InChI=1S/C16H23N3O/c1-3-19-15-9-8-13(20-2)10-14(15)18-16(19)11-4-6-12(17)7-5-11/h8-12H,3-7,17H2,1-2H3. The number of methoxy groups -OCH3 is 1. The summed E-state index contributed by atoms with van der Waals surface area (Å²) in [5, 5.41) is 0. The van der Waals surface area contributed by atoms with Gasteiger partial charge >= 0.3 is 0 Å². The first-order chi connectivity index (χ1) is 9.72. The van der Waals surface area contributed by atoms with Crippen molar-refractivity contribution in [2.24, 2.45) is 5.73 Å². The van der Waals surface area contributed by atoms with E-state index in [0.29, 0.717) is 12.0 Å². The zero-order valence-corrected chi connectivity index (χ0v) is 12.3. The second-order valence-electron chi connectivity index (χ2n) is 5.68. The van der Waals surface area contributed by atoms with Crippen molar-refractivity contribution < 1.29 is 4.74 Å². The molecule has 20 heavy (non-hydrogen) atoms. The summed E-state index contributed by atoms with van der Waals surface area (Å²) in [6, 6.07) is 6.53. The van der Waals surface area contributed by atoms with Crippen molar-refractivity contribution in [2.75, 3.05) is 7.11 Å². The molecule has 0 saturated heterocycles. The van der Waals surface area contributed by atoms with Crippen LogP contribution >= 0.6 is 0 Å². The molecule has 2 aromatic rings. The van der Waals surface area contributed by atoms with E-state index in [2.05, 4.69) is 17.6 Å². The Bertz CT molecular complexity index is 597. The van der Waals surface area contributed by atoms with Gasteiger partial charge in [-0.2, -0.15) is 0 Å². The minimum atomic E-state index is 0.380. The smallest absolute Gasteiger partial charge is 0.121 e. The molecule has 108 valence electrons. The summed E-state index contributed by atoms with van der Waals surface area (Å²) in [4.78, 5) is 4.88. The lowest BCUT2D eigenvalue weighted by Gasteiger charge is -2.26. The highest BCUT2D eigenvalue weighted by Crippen LogP contribution is 2.34. The average molecular weight is 273 g/mol. The van der Waals surface area contributed by atoms with Crippen molar-refractivity contribution in [2.45, 2.75) is 51.1 Å². The van der Waals surface area contributed by atoms with Crippen LogP contribution in [-0.4, -0.2) is 22.7 Å². The Morgan fingerprint density at radius 3 is 2.70 bits per heavy atom. The molecule has 2 N–H and O–H groups in total. The third kappa shape index (κ3) is 2.29. The molecule has 4 heteroatoms. The topological polar surface area (TPSA) is 53.1 Å². The Morgan fingerprint density at radius 1 is 1.30 bits per heavy atom. The van der Waals surface area contributed by atoms with Crippen LogP contribution in [0, 0.1) is 0 Å². The van der Waals surface area contributed by atoms with Gasteiger partial charge < -0.3 is 15.0 Å². The fourth-order valence-electron chi connectivity index (χ4n) is 3.28. The summed E-state index contributed by atoms with van der Waals surface area (Å²) in [7, 11) is 1.70. The van der Waals surface area contributed by atoms with Crippen LogP contribution in [0.3, 0.4) is 0 Å². The Balaban J connectivity index is 2.01. The highest BCUT2D eigenvalue weighted by atomic mass is 16.5. The van der Waals surface area contributed by atoms with Gasteiger partial charge in [0.2, 0.25) is 0 Å². The Hall–Kier alpha value is -1.55. The number of nitrogens with two attached hydrogens (primary N) is 1. The number of imidazole rings is 1. The van der Waals surface area contributed by atoms with Crippen molar-refractivity contribution >= 4 is 11.0 Å². The zero-order valence-electron chi connectivity index (χ0n) is 12.3. The molecule has 0 atom stereocenters. The van der Waals surface area contributed by atoms with Gasteiger partial charge in [-0.25, -0.2) is 4.98 Å². The van der Waals surface area contributed by atoms with E-state index in [1.165, 1.54) is 11.3 Å². The van der Waals surface area contributed by atoms with Crippen LogP contribution in [0.5, 0.6) is 5.75 Å². The highest BCUT2D eigenvalue weighted by molar-refractivity contribution is 5.78. The molecule has 0 aliphatic heterocycles. The van der Waals surface area contributed by atoms with Gasteiger partial charge in [0.05, 0.1) is 18.1 Å². The second-order valence-corrected chi connectivity index (χ2v) is 5.68. The normalized spacial score (nSPS) is 23.1. The lowest BCUT2D eigenvalue weighted by atomic mass is 9.86. The van der Waals surface area contributed by atoms with Gasteiger partial charge in [-0.3, -0.25) is 0 Å². The molecule has 1 aliphatic rings. The van der Waals surface area contributed by atoms with Crippen LogP contribution in [0.2, 0.25) is 0 Å². The lowest BCUT2D eigenvalue weighted by Crippen LogP contribution is -2.26. The predicted molar refractivity (Wildman–Crippen MR) is 81.1 cm³/mol. The first-order valence-electron chi connectivity index (χ1n) is 7.52. The van der Waals surface area contributed by atoms with Gasteiger partial charge in [0, 0.05) is 24.6 Å². The summed E-state index contributed by atoms with van der Waals surface area (Å²) < 4.78 is 7.64. The minimum absolute atomic E-state index is 0.380. The third-order valence-electron chi connectivity index (χ3n) is 4.44. The lowest BCUT2D eigenvalue weighted by molar-refractivity contribution is 0.378. The quantitative estimate of drug-likeness (QED) is 0.935. The van der Waals surface area contributed by atoms with Gasteiger partial charge in [0.15, 0.2) is 0 Å². The van der Waals surface area contributed by atoms with Crippen molar-refractivity contribution in [3.8, 4) is 5.75 Å². The molecule has 0 unspecified atom stereocenters. The third-order valence-corrected chi connectivity index (χ3v) is 4.44. The first kappa shape index (κ1) is 13.4. The molecule has 0 spiro atoms. The zero-order chi connectivity index (χ0) is 14.1. The maximum Gasteiger partial charge on any atom is 0.121 e. The molecule has 0 amide bonds. The van der Waals surface area contributed by atoms with E-state index >= 15 is 0 Å². The van der Waals surface area contributed by atoms with E-state index in [-0.39, 0.29) is 0 Å². The summed E-state index contributed by atoms with van der Waals surface area (Å²) in [5.41, 5.74) is 8.26. The first-order valence-corrected chi connectivity index (χ1v) is 7.52. The van der Waals surface area contributed by atoms with E-state index in [1.807, 2.05) is 12.1 Å². The minimum Gasteiger partial charge on any atom is -0.497 e. The van der Waals surface area contributed by atoms with Crippen LogP contribution in [0.25, 0.3) is 11.0 Å². The Morgan fingerprint density at radius 2 is 2.05 bits per heavy atom. The number of benzene rings is 1. The van der Waals surface area contributed by atoms with Crippen molar-refractivity contribution in [1.82, 2.24) is 9.55 Å². The van der Waals surface area contributed by atoms with Crippen molar-refractivity contribution in [3.05, 3.63) is 24.0 Å². The molecule has 1 fully saturated rings. The van der Waals surface area contributed by atoms with Crippen LogP contribution < -0.4 is 10.5 Å². The SMILES string of the molecule is CCn1c(C2CCC(N)CC2)nc2cc(OC)ccc21. The monoisotopic (exact) mass is 273 g/mol. The summed E-state index contributed by atoms with van der Waals surface area (Å²) in [6.07, 6.45) is 4.53. The number of rotatable bonds is 3. The van der Waals surface area contributed by atoms with E-state index in [4.69, 9.17) is 15.5 Å². The number of fused-ring (bicyclic) bond motifs is 1. The van der Waals surface area contributed by atoms with E-state index in [1.54, 1.807) is 7.11 Å². The van der Waals surface area contributed by atoms with Crippen LogP contribution in [0.1, 0.15) is 44.3 Å². The largest absolute Gasteiger partial charge is 0.497 e. The molecule has 1 aromatic heterocycles. The van der Waals surface area contributed by atoms with Gasteiger partial charge in [-0.1, -0.05) is 0 Å².